The Labute approximate surface area is 157 Å². The molecular weight excluding hydrogens is 353 g/mol. The summed E-state index contributed by atoms with van der Waals surface area (Å²) in [6.45, 7) is 1.00. The van der Waals surface area contributed by atoms with Crippen LogP contribution in [0, 0.1) is 17.3 Å². The predicted octanol–water partition coefficient (Wildman–Crippen LogP) is 3.80. The highest BCUT2D eigenvalue weighted by Gasteiger charge is 2.69. The van der Waals surface area contributed by atoms with Crippen LogP contribution in [0.1, 0.15) is 49.7 Å². The van der Waals surface area contributed by atoms with Gasteiger partial charge < -0.3 is 10.2 Å². The van der Waals surface area contributed by atoms with E-state index in [0.29, 0.717) is 12.8 Å². The van der Waals surface area contributed by atoms with Crippen molar-refractivity contribution >= 4 is 11.6 Å². The number of anilines is 1. The number of carbonyl (C=O) groups is 1. The number of nitrogens with one attached hydrogen (secondary N) is 1. The maximum Gasteiger partial charge on any atom is 0.403 e. The number of benzene rings is 1. The van der Waals surface area contributed by atoms with Crippen LogP contribution in [0.2, 0.25) is 0 Å². The van der Waals surface area contributed by atoms with Gasteiger partial charge in [-0.3, -0.25) is 4.79 Å². The summed E-state index contributed by atoms with van der Waals surface area (Å²) in [6, 6.07) is 6.01. The lowest BCUT2D eigenvalue weighted by Crippen LogP contribution is -2.46. The van der Waals surface area contributed by atoms with Crippen molar-refractivity contribution in [2.75, 3.05) is 18.5 Å². The van der Waals surface area contributed by atoms with Gasteiger partial charge in [0.25, 0.3) is 0 Å². The van der Waals surface area contributed by atoms with E-state index >= 15 is 0 Å². The smallest absolute Gasteiger partial charge is 0.374 e. The van der Waals surface area contributed by atoms with Gasteiger partial charge in [0.2, 0.25) is 5.91 Å². The van der Waals surface area contributed by atoms with Gasteiger partial charge in [-0.05, 0) is 62.6 Å². The highest BCUT2D eigenvalue weighted by molar-refractivity contribution is 5.87. The van der Waals surface area contributed by atoms with Crippen molar-refractivity contribution in [3.8, 4) is 11.8 Å². The molecule has 1 aromatic rings. The zero-order chi connectivity index (χ0) is 19.3. The Morgan fingerprint density at radius 3 is 2.56 bits per heavy atom. The van der Waals surface area contributed by atoms with Crippen LogP contribution in [0.25, 0.3) is 0 Å². The van der Waals surface area contributed by atoms with E-state index in [1.54, 1.807) is 0 Å². The summed E-state index contributed by atoms with van der Waals surface area (Å²) >= 11 is 0. The van der Waals surface area contributed by atoms with Crippen molar-refractivity contribution < 1.29 is 18.0 Å². The van der Waals surface area contributed by atoms with Crippen LogP contribution in [0.15, 0.2) is 18.2 Å². The molecule has 3 nitrogen and oxygen atoms in total. The third kappa shape index (κ3) is 3.28. The average molecular weight is 376 g/mol. The Kier molecular flexibility index (Phi) is 4.17. The summed E-state index contributed by atoms with van der Waals surface area (Å²) in [6.07, 6.45) is -0.357. The molecule has 0 aromatic heterocycles. The molecular formula is C21H23F3N2O. The number of fused-ring (bicyclic) bond motifs is 1. The van der Waals surface area contributed by atoms with Gasteiger partial charge >= 0.3 is 6.18 Å². The summed E-state index contributed by atoms with van der Waals surface area (Å²) in [5, 5.41) is 2.61. The minimum absolute atomic E-state index is 0.121. The zero-order valence-electron chi connectivity index (χ0n) is 15.4. The largest absolute Gasteiger partial charge is 0.403 e. The van der Waals surface area contributed by atoms with Crippen LogP contribution < -0.4 is 10.2 Å². The lowest BCUT2D eigenvalue weighted by Gasteiger charge is -2.21. The van der Waals surface area contributed by atoms with Gasteiger partial charge in [0.05, 0.1) is 0 Å². The average Bonchev–Trinajstić information content (AvgIpc) is 3.49. The third-order valence-electron chi connectivity index (χ3n) is 6.00. The van der Waals surface area contributed by atoms with Crippen LogP contribution in [0.5, 0.6) is 0 Å². The second-order valence-electron chi connectivity index (χ2n) is 8.05. The van der Waals surface area contributed by atoms with E-state index in [2.05, 4.69) is 35.2 Å². The molecule has 4 rings (SSSR count). The first-order valence-corrected chi connectivity index (χ1v) is 9.52. The maximum absolute atomic E-state index is 13.2. The second-order valence-corrected chi connectivity index (χ2v) is 8.05. The number of rotatable bonds is 2. The van der Waals surface area contributed by atoms with Crippen molar-refractivity contribution in [3.63, 3.8) is 0 Å². The fourth-order valence-electron chi connectivity index (χ4n) is 3.78. The van der Waals surface area contributed by atoms with Gasteiger partial charge in [-0.15, -0.1) is 0 Å². The Bertz CT molecular complexity index is 826. The molecule has 1 aliphatic heterocycles. The van der Waals surface area contributed by atoms with Gasteiger partial charge in [-0.2, -0.15) is 13.2 Å². The molecule has 1 heterocycles. The summed E-state index contributed by atoms with van der Waals surface area (Å²) in [5.41, 5.74) is 0.302. The molecule has 3 aliphatic rings. The van der Waals surface area contributed by atoms with Crippen LogP contribution in [-0.2, 0) is 11.2 Å². The fourth-order valence-corrected chi connectivity index (χ4v) is 3.78. The summed E-state index contributed by atoms with van der Waals surface area (Å²) in [4.78, 5) is 14.5. The molecule has 27 heavy (non-hydrogen) atoms. The molecule has 1 amide bonds. The molecule has 1 aromatic carbocycles. The Balaban J connectivity index is 1.55. The van der Waals surface area contributed by atoms with E-state index in [1.807, 2.05) is 12.1 Å². The third-order valence-corrected chi connectivity index (χ3v) is 6.00. The van der Waals surface area contributed by atoms with E-state index in [0.717, 1.165) is 31.4 Å². The molecule has 0 spiro atoms. The first-order valence-electron chi connectivity index (χ1n) is 9.52. The van der Waals surface area contributed by atoms with Crippen molar-refractivity contribution in [2.45, 2.75) is 56.7 Å². The zero-order valence-corrected chi connectivity index (χ0v) is 15.4. The topological polar surface area (TPSA) is 32.3 Å². The molecule has 0 unspecified atom stereocenters. The Hall–Kier alpha value is -2.16. The number of hydrogen-bond donors (Lipinski definition) is 1. The van der Waals surface area contributed by atoms with E-state index in [9.17, 15) is 18.0 Å². The minimum Gasteiger partial charge on any atom is -0.374 e. The molecule has 0 radical (unpaired) electrons. The Morgan fingerprint density at radius 2 is 1.93 bits per heavy atom. The monoisotopic (exact) mass is 376 g/mol. The first kappa shape index (κ1) is 18.2. The van der Waals surface area contributed by atoms with Crippen LogP contribution in [0.3, 0.4) is 0 Å². The molecule has 0 atom stereocenters. The molecule has 1 N–H and O–H groups in total. The van der Waals surface area contributed by atoms with Gasteiger partial charge in [-0.25, -0.2) is 0 Å². The van der Waals surface area contributed by atoms with Crippen molar-refractivity contribution in [2.24, 2.45) is 5.41 Å². The lowest BCUT2D eigenvalue weighted by atomic mass is 10.0. The molecule has 144 valence electrons. The number of alkyl halides is 3. The summed E-state index contributed by atoms with van der Waals surface area (Å²) in [7, 11) is 2.07. The van der Waals surface area contributed by atoms with Crippen LogP contribution in [0.4, 0.5) is 18.9 Å². The molecule has 2 fully saturated rings. The second kappa shape index (κ2) is 6.19. The van der Waals surface area contributed by atoms with Gasteiger partial charge in [-0.1, -0.05) is 17.9 Å². The van der Waals surface area contributed by atoms with Crippen molar-refractivity contribution in [1.82, 2.24) is 5.32 Å². The molecule has 0 saturated heterocycles. The molecule has 2 aliphatic carbocycles. The maximum atomic E-state index is 13.2. The van der Waals surface area contributed by atoms with Crippen LogP contribution in [-0.4, -0.2) is 31.2 Å². The number of carbonyl (C=O) groups excluding carboxylic acids is 1. The van der Waals surface area contributed by atoms with E-state index in [1.165, 1.54) is 11.3 Å². The quantitative estimate of drug-likeness (QED) is 0.797. The number of halogens is 3. The van der Waals surface area contributed by atoms with E-state index in [-0.39, 0.29) is 12.8 Å². The number of hydrogen-bond acceptors (Lipinski definition) is 2. The van der Waals surface area contributed by atoms with Gasteiger partial charge in [0, 0.05) is 24.8 Å². The summed E-state index contributed by atoms with van der Waals surface area (Å²) in [5.74, 6) is 5.34. The molecule has 0 bridgehead atoms. The van der Waals surface area contributed by atoms with Crippen molar-refractivity contribution in [3.05, 3.63) is 29.3 Å². The van der Waals surface area contributed by atoms with Crippen LogP contribution >= 0.6 is 0 Å². The number of nitrogens with zero attached hydrogens (tertiary/aromatic N) is 1. The van der Waals surface area contributed by atoms with E-state index < -0.39 is 23.0 Å². The highest BCUT2D eigenvalue weighted by Crippen LogP contribution is 2.58. The van der Waals surface area contributed by atoms with Gasteiger partial charge in [0.15, 0.2) is 0 Å². The first-order chi connectivity index (χ1) is 12.8. The predicted molar refractivity (Wildman–Crippen MR) is 97.4 cm³/mol. The SMILES string of the molecule is CN1CCCCc2c(C#CC3(NC(=O)C4(C(F)(F)F)CC4)CC3)cccc21. The normalized spacial score (nSPS) is 22.0. The van der Waals surface area contributed by atoms with E-state index in [4.69, 9.17) is 0 Å². The number of amides is 1. The molecule has 6 heteroatoms. The lowest BCUT2D eigenvalue weighted by molar-refractivity contribution is -0.192. The minimum atomic E-state index is -4.48. The van der Waals surface area contributed by atoms with Crippen molar-refractivity contribution in [1.29, 1.82) is 0 Å². The fraction of sp³-hybridized carbons (Fsp3) is 0.571. The van der Waals surface area contributed by atoms with Gasteiger partial charge in [0.1, 0.15) is 11.0 Å². The Morgan fingerprint density at radius 1 is 1.19 bits per heavy atom. The molecule has 2 saturated carbocycles. The standard InChI is InChI=1S/C21H23F3N2O/c1-26-14-3-2-6-16-15(5-4-7-17(16)26)8-9-19(10-11-19)25-18(27)20(12-13-20)21(22,23)24/h4-5,7H,2-3,6,10-14H2,1H3,(H,25,27). The highest BCUT2D eigenvalue weighted by atomic mass is 19.4. The summed E-state index contributed by atoms with van der Waals surface area (Å²) < 4.78 is 39.5.